The maximum Gasteiger partial charge on any atom is 0.306 e. The fraction of sp³-hybridized carbons (Fsp3) is 0.603. The average molecular weight is 1090 g/mol. The van der Waals surface area contributed by atoms with Crippen molar-refractivity contribution in [3.63, 3.8) is 0 Å². The monoisotopic (exact) mass is 1090 g/mol. The van der Waals surface area contributed by atoms with Crippen LogP contribution in [0.1, 0.15) is 265 Å². The van der Waals surface area contributed by atoms with Crippen LogP contribution in [-0.2, 0) is 28.6 Å². The van der Waals surface area contributed by atoms with Gasteiger partial charge in [0.05, 0.1) is 0 Å². The molecular weight excluding hydrogens is 973 g/mol. The van der Waals surface area contributed by atoms with Crippen molar-refractivity contribution in [1.82, 2.24) is 0 Å². The van der Waals surface area contributed by atoms with Gasteiger partial charge in [-0.05, 0) is 141 Å². The summed E-state index contributed by atoms with van der Waals surface area (Å²) in [6.07, 6.45) is 95.3. The molecule has 0 N–H and O–H groups in total. The fourth-order valence-corrected chi connectivity index (χ4v) is 8.28. The molecule has 6 heteroatoms. The Morgan fingerprint density at radius 1 is 0.266 bits per heavy atom. The van der Waals surface area contributed by atoms with E-state index >= 15 is 0 Å². The molecule has 1 unspecified atom stereocenters. The van der Waals surface area contributed by atoms with Gasteiger partial charge < -0.3 is 14.2 Å². The summed E-state index contributed by atoms with van der Waals surface area (Å²) in [5, 5.41) is 0. The first kappa shape index (κ1) is 74.0. The zero-order valence-electron chi connectivity index (χ0n) is 50.8. The van der Waals surface area contributed by atoms with Crippen LogP contribution in [0.25, 0.3) is 0 Å². The molecule has 0 fully saturated rings. The van der Waals surface area contributed by atoms with Gasteiger partial charge in [0.25, 0.3) is 0 Å². The smallest absolute Gasteiger partial charge is 0.306 e. The molecule has 79 heavy (non-hydrogen) atoms. The Labute approximate surface area is 486 Å². The van der Waals surface area contributed by atoms with E-state index in [1.807, 2.05) is 0 Å². The Kier molecular flexibility index (Phi) is 61.4. The molecule has 6 nitrogen and oxygen atoms in total. The van der Waals surface area contributed by atoms with Gasteiger partial charge in [0.2, 0.25) is 0 Å². The molecule has 0 aliphatic heterocycles. The van der Waals surface area contributed by atoms with Gasteiger partial charge >= 0.3 is 17.9 Å². The predicted octanol–water partition coefficient (Wildman–Crippen LogP) is 22.1. The van der Waals surface area contributed by atoms with Crippen molar-refractivity contribution < 1.29 is 28.6 Å². The van der Waals surface area contributed by atoms with E-state index in [0.29, 0.717) is 19.3 Å². The van der Waals surface area contributed by atoms with Gasteiger partial charge in [-0.1, -0.05) is 262 Å². The van der Waals surface area contributed by atoms with Crippen molar-refractivity contribution in [1.29, 1.82) is 0 Å². The van der Waals surface area contributed by atoms with Crippen LogP contribution < -0.4 is 0 Å². The van der Waals surface area contributed by atoms with Gasteiger partial charge in [-0.15, -0.1) is 0 Å². The molecule has 0 amide bonds. The minimum absolute atomic E-state index is 0.111. The third-order valence-corrected chi connectivity index (χ3v) is 13.0. The van der Waals surface area contributed by atoms with Crippen molar-refractivity contribution in [2.45, 2.75) is 271 Å². The SMILES string of the molecule is CC/C=C\C/C=C\C/C=C\C/C=C\C/C=C\C/C=C\C/C=C\CCCC(=O)OCC(COC(=O)CCCCCCCCCCC/C=C\C/C=C\CCCCC)OC(=O)CCCCCCCC/C=C\C/C=C\C/C=C\C/C=C\CC. The van der Waals surface area contributed by atoms with Crippen LogP contribution in [0.2, 0.25) is 0 Å². The van der Waals surface area contributed by atoms with Crippen LogP contribution in [-0.4, -0.2) is 37.2 Å². The first-order valence-corrected chi connectivity index (χ1v) is 32.0. The molecule has 0 heterocycles. The van der Waals surface area contributed by atoms with Crippen LogP contribution >= 0.6 is 0 Å². The van der Waals surface area contributed by atoms with Crippen LogP contribution in [0.15, 0.2) is 158 Å². The minimum atomic E-state index is -0.821. The summed E-state index contributed by atoms with van der Waals surface area (Å²) in [6, 6.07) is 0. The Morgan fingerprint density at radius 3 is 0.823 bits per heavy atom. The van der Waals surface area contributed by atoms with Crippen LogP contribution in [0, 0.1) is 0 Å². The van der Waals surface area contributed by atoms with E-state index < -0.39 is 6.10 Å². The molecule has 0 aromatic carbocycles. The largest absolute Gasteiger partial charge is 0.462 e. The lowest BCUT2D eigenvalue weighted by molar-refractivity contribution is -0.167. The second-order valence-corrected chi connectivity index (χ2v) is 20.5. The third-order valence-electron chi connectivity index (χ3n) is 13.0. The van der Waals surface area contributed by atoms with Gasteiger partial charge in [-0.25, -0.2) is 0 Å². The van der Waals surface area contributed by atoms with Gasteiger partial charge in [-0.3, -0.25) is 14.4 Å². The highest BCUT2D eigenvalue weighted by Gasteiger charge is 2.19. The molecule has 0 spiro atoms. The average Bonchev–Trinajstić information content (AvgIpc) is 3.45. The number of ether oxygens (including phenoxy) is 3. The van der Waals surface area contributed by atoms with E-state index in [0.717, 1.165) is 135 Å². The Balaban J connectivity index is 4.55. The number of allylic oxidation sites excluding steroid dienone is 26. The third kappa shape index (κ3) is 63.7. The molecule has 0 aliphatic rings. The fourth-order valence-electron chi connectivity index (χ4n) is 8.28. The zero-order valence-corrected chi connectivity index (χ0v) is 50.8. The quantitative estimate of drug-likeness (QED) is 0.0261. The van der Waals surface area contributed by atoms with Gasteiger partial charge in [0.1, 0.15) is 13.2 Å². The number of rotatable bonds is 56. The molecular formula is C73H116O6. The molecule has 444 valence electrons. The maximum atomic E-state index is 12.9. The van der Waals surface area contributed by atoms with Gasteiger partial charge in [0.15, 0.2) is 6.10 Å². The molecule has 0 saturated carbocycles. The Morgan fingerprint density at radius 2 is 0.506 bits per heavy atom. The number of carbonyl (C=O) groups is 3. The summed E-state index contributed by atoms with van der Waals surface area (Å²) >= 11 is 0. The maximum absolute atomic E-state index is 12.9. The minimum Gasteiger partial charge on any atom is -0.462 e. The predicted molar refractivity (Wildman–Crippen MR) is 343 cm³/mol. The molecule has 0 saturated heterocycles. The number of hydrogen-bond acceptors (Lipinski definition) is 6. The number of carbonyl (C=O) groups excluding carboxylic acids is 3. The van der Waals surface area contributed by atoms with Crippen molar-refractivity contribution in [2.75, 3.05) is 13.2 Å². The van der Waals surface area contributed by atoms with E-state index in [2.05, 4.69) is 179 Å². The zero-order chi connectivity index (χ0) is 57.1. The van der Waals surface area contributed by atoms with Crippen LogP contribution in [0.4, 0.5) is 0 Å². The molecule has 0 aromatic rings. The summed E-state index contributed by atoms with van der Waals surface area (Å²) in [5.74, 6) is -0.993. The highest BCUT2D eigenvalue weighted by atomic mass is 16.6. The molecule has 0 aromatic heterocycles. The molecule has 1 atom stereocenters. The number of unbranched alkanes of at least 4 members (excludes halogenated alkanes) is 19. The van der Waals surface area contributed by atoms with Crippen LogP contribution in [0.3, 0.4) is 0 Å². The van der Waals surface area contributed by atoms with E-state index in [4.69, 9.17) is 14.2 Å². The first-order chi connectivity index (χ1) is 39.0. The molecule has 0 aliphatic carbocycles. The van der Waals surface area contributed by atoms with E-state index in [-0.39, 0.29) is 37.5 Å². The highest BCUT2D eigenvalue weighted by Crippen LogP contribution is 2.14. The Hall–Kier alpha value is -4.97. The summed E-state index contributed by atoms with van der Waals surface area (Å²) < 4.78 is 16.9. The van der Waals surface area contributed by atoms with Crippen molar-refractivity contribution in [2.24, 2.45) is 0 Å². The summed E-state index contributed by atoms with van der Waals surface area (Å²) in [5.41, 5.74) is 0. The topological polar surface area (TPSA) is 78.9 Å². The summed E-state index contributed by atoms with van der Waals surface area (Å²) in [6.45, 7) is 6.33. The summed E-state index contributed by atoms with van der Waals surface area (Å²) in [7, 11) is 0. The standard InChI is InChI=1S/C73H116O6/c1-4-7-10-13-16-19-22-25-28-31-34-35-36-37-40-42-45-48-51-54-57-60-63-66-72(75)78-69-70(79-73(76)67-64-61-58-55-52-49-46-43-39-33-30-27-24-21-18-15-12-9-6-3)68-77-71(74)65-62-59-56-53-50-47-44-41-38-32-29-26-23-20-17-14-11-8-5-2/h7,9-10,12,16-21,25-30,34-35,37,39-40,43,45,48,54,57,70H,4-6,8,11,13-15,22-24,31-33,36,38,41-42,44,46-47,49-53,55-56,58-69H2,1-3H3/b10-7-,12-9-,19-16-,20-17-,21-18-,28-25-,29-26-,30-27-,35-34-,40-37-,43-39-,48-45-,57-54-. The molecule has 0 bridgehead atoms. The number of hydrogen-bond donors (Lipinski definition) is 0. The van der Waals surface area contributed by atoms with Crippen molar-refractivity contribution in [3.05, 3.63) is 158 Å². The lowest BCUT2D eigenvalue weighted by atomic mass is 10.1. The van der Waals surface area contributed by atoms with Crippen molar-refractivity contribution in [3.8, 4) is 0 Å². The molecule has 0 radical (unpaired) electrons. The highest BCUT2D eigenvalue weighted by molar-refractivity contribution is 5.71. The molecule has 0 rings (SSSR count). The number of esters is 3. The summed E-state index contributed by atoms with van der Waals surface area (Å²) in [4.78, 5) is 38.4. The normalized spacial score (nSPS) is 13.2. The van der Waals surface area contributed by atoms with Gasteiger partial charge in [0, 0.05) is 19.3 Å². The lowest BCUT2D eigenvalue weighted by Gasteiger charge is -2.18. The lowest BCUT2D eigenvalue weighted by Crippen LogP contribution is -2.30. The second-order valence-electron chi connectivity index (χ2n) is 20.5. The Bertz CT molecular complexity index is 1780. The van der Waals surface area contributed by atoms with Crippen molar-refractivity contribution >= 4 is 17.9 Å². The van der Waals surface area contributed by atoms with Gasteiger partial charge in [-0.2, -0.15) is 0 Å². The van der Waals surface area contributed by atoms with E-state index in [9.17, 15) is 14.4 Å². The van der Waals surface area contributed by atoms with E-state index in [1.54, 1.807) is 0 Å². The first-order valence-electron chi connectivity index (χ1n) is 32.0. The second kappa shape index (κ2) is 65.5. The van der Waals surface area contributed by atoms with Crippen LogP contribution in [0.5, 0.6) is 0 Å². The van der Waals surface area contributed by atoms with E-state index in [1.165, 1.54) is 83.5 Å².